The lowest BCUT2D eigenvalue weighted by Gasteiger charge is -2.35. The predicted octanol–water partition coefficient (Wildman–Crippen LogP) is 3.93. The molecule has 1 unspecified atom stereocenters. The molecule has 26 heavy (non-hydrogen) atoms. The molecule has 2 aliphatic rings. The van der Waals surface area contributed by atoms with Crippen molar-refractivity contribution in [3.05, 3.63) is 35.6 Å². The van der Waals surface area contributed by atoms with Gasteiger partial charge in [-0.1, -0.05) is 19.1 Å². The van der Waals surface area contributed by atoms with Gasteiger partial charge in [0.25, 0.3) is 5.92 Å². The summed E-state index contributed by atoms with van der Waals surface area (Å²) in [5, 5.41) is 0. The van der Waals surface area contributed by atoms with Crippen LogP contribution in [-0.2, 0) is 4.79 Å². The van der Waals surface area contributed by atoms with Crippen molar-refractivity contribution in [3.63, 3.8) is 0 Å². The molecule has 1 aromatic carbocycles. The van der Waals surface area contributed by atoms with Gasteiger partial charge in [-0.2, -0.15) is 0 Å². The van der Waals surface area contributed by atoms with Crippen molar-refractivity contribution in [2.24, 2.45) is 17.6 Å². The van der Waals surface area contributed by atoms with E-state index in [9.17, 15) is 18.0 Å². The van der Waals surface area contributed by atoms with Gasteiger partial charge in [-0.3, -0.25) is 4.79 Å². The van der Waals surface area contributed by atoms with E-state index in [4.69, 9.17) is 5.73 Å². The molecule has 2 N–H and O–H groups in total. The predicted molar refractivity (Wildman–Crippen MR) is 94.4 cm³/mol. The minimum atomic E-state index is -2.79. The van der Waals surface area contributed by atoms with Crippen LogP contribution in [0.15, 0.2) is 24.3 Å². The monoisotopic (exact) mass is 368 g/mol. The lowest BCUT2D eigenvalue weighted by molar-refractivity contribution is -0.134. The molecule has 2 fully saturated rings. The minimum absolute atomic E-state index is 0.0362. The molecule has 1 heterocycles. The lowest BCUT2D eigenvalue weighted by atomic mass is 9.72. The van der Waals surface area contributed by atoms with E-state index in [2.05, 4.69) is 0 Å². The highest BCUT2D eigenvalue weighted by Crippen LogP contribution is 2.39. The van der Waals surface area contributed by atoms with Crippen LogP contribution in [0.25, 0.3) is 0 Å². The molecule has 6 heteroatoms. The van der Waals surface area contributed by atoms with Crippen LogP contribution in [0.2, 0.25) is 0 Å². The standard InChI is InChI=1S/C20H27F3N2O/c1-13(18(24)19(26)25-11-10-20(22,23)12-25)14-2-4-15(5-3-14)16-6-8-17(21)9-7-16/h6-9,13-15,18H,2-5,10-12,24H2,1H3/t13-,14?,15?,18?/m0/s1. The smallest absolute Gasteiger partial charge is 0.267 e. The molecular weight excluding hydrogens is 341 g/mol. The first-order chi connectivity index (χ1) is 12.3. The third kappa shape index (κ3) is 4.22. The molecule has 0 spiro atoms. The van der Waals surface area contributed by atoms with Gasteiger partial charge in [0.1, 0.15) is 5.82 Å². The van der Waals surface area contributed by atoms with Gasteiger partial charge in [0.15, 0.2) is 0 Å². The highest BCUT2D eigenvalue weighted by molar-refractivity contribution is 5.82. The number of hydrogen-bond acceptors (Lipinski definition) is 2. The number of benzene rings is 1. The molecule has 3 nitrogen and oxygen atoms in total. The summed E-state index contributed by atoms with van der Waals surface area (Å²) >= 11 is 0. The van der Waals surface area contributed by atoms with E-state index in [1.165, 1.54) is 17.0 Å². The summed E-state index contributed by atoms with van der Waals surface area (Å²) in [6.07, 6.45) is 3.57. The van der Waals surface area contributed by atoms with E-state index in [1.54, 1.807) is 0 Å². The maximum absolute atomic E-state index is 13.3. The minimum Gasteiger partial charge on any atom is -0.335 e. The Bertz CT molecular complexity index is 626. The second-order valence-corrected chi connectivity index (χ2v) is 7.91. The molecule has 0 aromatic heterocycles. The van der Waals surface area contributed by atoms with Crippen molar-refractivity contribution in [3.8, 4) is 0 Å². The summed E-state index contributed by atoms with van der Waals surface area (Å²) in [4.78, 5) is 13.7. The molecule has 1 amide bonds. The molecule has 144 valence electrons. The Hall–Kier alpha value is -1.56. The van der Waals surface area contributed by atoms with E-state index in [0.29, 0.717) is 11.8 Å². The summed E-state index contributed by atoms with van der Waals surface area (Å²) in [7, 11) is 0. The zero-order valence-electron chi connectivity index (χ0n) is 15.1. The average Bonchev–Trinajstić information content (AvgIpc) is 3.00. The fourth-order valence-corrected chi connectivity index (χ4v) is 4.37. The average molecular weight is 368 g/mol. The zero-order valence-corrected chi connectivity index (χ0v) is 15.1. The highest BCUT2D eigenvalue weighted by Gasteiger charge is 2.43. The maximum Gasteiger partial charge on any atom is 0.267 e. The Balaban J connectivity index is 1.53. The first kappa shape index (κ1) is 19.2. The Labute approximate surface area is 152 Å². The molecule has 0 radical (unpaired) electrons. The maximum atomic E-state index is 13.3. The van der Waals surface area contributed by atoms with Gasteiger partial charge in [-0.05, 0) is 61.1 Å². The van der Waals surface area contributed by atoms with Crippen molar-refractivity contribution < 1.29 is 18.0 Å². The Morgan fingerprint density at radius 1 is 1.19 bits per heavy atom. The number of carbonyl (C=O) groups is 1. The number of likely N-dealkylation sites (tertiary alicyclic amines) is 1. The molecule has 3 rings (SSSR count). The third-order valence-electron chi connectivity index (χ3n) is 6.19. The first-order valence-electron chi connectivity index (χ1n) is 9.44. The number of nitrogens with zero attached hydrogens (tertiary/aromatic N) is 1. The molecule has 0 bridgehead atoms. The zero-order chi connectivity index (χ0) is 18.9. The van der Waals surface area contributed by atoms with Gasteiger partial charge < -0.3 is 10.6 Å². The number of nitrogens with two attached hydrogens (primary N) is 1. The SMILES string of the molecule is C[C@@H](C1CCC(c2ccc(F)cc2)CC1)C(N)C(=O)N1CCC(F)(F)C1. The van der Waals surface area contributed by atoms with E-state index >= 15 is 0 Å². The van der Waals surface area contributed by atoms with Crippen molar-refractivity contribution >= 4 is 5.91 Å². The van der Waals surface area contributed by atoms with Crippen LogP contribution in [0.3, 0.4) is 0 Å². The molecule has 1 saturated heterocycles. The number of alkyl halides is 2. The largest absolute Gasteiger partial charge is 0.335 e. The van der Waals surface area contributed by atoms with Crippen LogP contribution >= 0.6 is 0 Å². The number of halogens is 3. The van der Waals surface area contributed by atoms with E-state index in [1.807, 2.05) is 19.1 Å². The van der Waals surface area contributed by atoms with Gasteiger partial charge >= 0.3 is 0 Å². The molecule has 2 atom stereocenters. The summed E-state index contributed by atoms with van der Waals surface area (Å²) in [5.41, 5.74) is 7.29. The van der Waals surface area contributed by atoms with Crippen LogP contribution in [0.5, 0.6) is 0 Å². The van der Waals surface area contributed by atoms with Crippen LogP contribution in [0.4, 0.5) is 13.2 Å². The quantitative estimate of drug-likeness (QED) is 0.875. The van der Waals surface area contributed by atoms with E-state index < -0.39 is 18.5 Å². The third-order valence-corrected chi connectivity index (χ3v) is 6.19. The van der Waals surface area contributed by atoms with Gasteiger partial charge in [0, 0.05) is 13.0 Å². The summed E-state index contributed by atoms with van der Waals surface area (Å²) in [5.74, 6) is -2.68. The molecule has 1 aliphatic heterocycles. The normalized spacial score (nSPS) is 28.0. The van der Waals surface area contributed by atoms with Gasteiger partial charge in [0.05, 0.1) is 12.6 Å². The number of carbonyl (C=O) groups excluding carboxylic acids is 1. The lowest BCUT2D eigenvalue weighted by Crippen LogP contribution is -2.49. The summed E-state index contributed by atoms with van der Waals surface area (Å²) in [6.45, 7) is 1.53. The molecule has 1 aromatic rings. The van der Waals surface area contributed by atoms with Crippen LogP contribution in [0, 0.1) is 17.7 Å². The summed E-state index contributed by atoms with van der Waals surface area (Å²) in [6, 6.07) is 5.94. The number of hydrogen-bond donors (Lipinski definition) is 1. The first-order valence-corrected chi connectivity index (χ1v) is 9.44. The van der Waals surface area contributed by atoms with E-state index in [0.717, 1.165) is 31.2 Å². The van der Waals surface area contributed by atoms with Crippen molar-refractivity contribution in [1.82, 2.24) is 4.90 Å². The number of rotatable bonds is 4. The van der Waals surface area contributed by atoms with Crippen molar-refractivity contribution in [2.75, 3.05) is 13.1 Å². The van der Waals surface area contributed by atoms with Crippen LogP contribution in [0.1, 0.15) is 50.5 Å². The topological polar surface area (TPSA) is 46.3 Å². The van der Waals surface area contributed by atoms with Crippen LogP contribution < -0.4 is 5.73 Å². The second kappa shape index (κ2) is 7.59. The molecule has 1 saturated carbocycles. The van der Waals surface area contributed by atoms with Crippen molar-refractivity contribution in [1.29, 1.82) is 0 Å². The summed E-state index contributed by atoms with van der Waals surface area (Å²) < 4.78 is 39.8. The van der Waals surface area contributed by atoms with Gasteiger partial charge in [-0.25, -0.2) is 13.2 Å². The van der Waals surface area contributed by atoms with E-state index in [-0.39, 0.29) is 30.6 Å². The number of amides is 1. The van der Waals surface area contributed by atoms with Crippen LogP contribution in [-0.4, -0.2) is 35.9 Å². The van der Waals surface area contributed by atoms with Crippen molar-refractivity contribution in [2.45, 2.75) is 56.9 Å². The van der Waals surface area contributed by atoms with Gasteiger partial charge in [0.2, 0.25) is 5.91 Å². The Morgan fingerprint density at radius 2 is 1.81 bits per heavy atom. The molecular formula is C20H27F3N2O. The Kier molecular flexibility index (Phi) is 5.61. The fraction of sp³-hybridized carbons (Fsp3) is 0.650. The van der Waals surface area contributed by atoms with Gasteiger partial charge in [-0.15, -0.1) is 0 Å². The highest BCUT2D eigenvalue weighted by atomic mass is 19.3. The fourth-order valence-electron chi connectivity index (χ4n) is 4.37. The molecule has 1 aliphatic carbocycles. The second-order valence-electron chi connectivity index (χ2n) is 7.91. The Morgan fingerprint density at radius 3 is 2.35 bits per heavy atom.